The van der Waals surface area contributed by atoms with Crippen molar-refractivity contribution in [2.45, 2.75) is 6.36 Å². The van der Waals surface area contributed by atoms with Gasteiger partial charge >= 0.3 is 6.36 Å². The van der Waals surface area contributed by atoms with Gasteiger partial charge in [0.05, 0.1) is 11.6 Å². The first-order chi connectivity index (χ1) is 6.96. The van der Waals surface area contributed by atoms with Crippen molar-refractivity contribution >= 4 is 0 Å². The number of hydrogen-bond donors (Lipinski definition) is 0. The molecular weight excluding hydrogens is 207 g/mol. The van der Waals surface area contributed by atoms with Gasteiger partial charge in [0.25, 0.3) is 0 Å². The molecule has 0 fully saturated rings. The summed E-state index contributed by atoms with van der Waals surface area (Å²) in [4.78, 5) is 0. The van der Waals surface area contributed by atoms with Crippen LogP contribution in [0.25, 0.3) is 0 Å². The minimum atomic E-state index is -4.76. The molecule has 0 heterocycles. The van der Waals surface area contributed by atoms with Crippen LogP contribution in [0.2, 0.25) is 0 Å². The lowest BCUT2D eigenvalue weighted by molar-refractivity contribution is -0.274. The molecule has 5 heteroatoms. The van der Waals surface area contributed by atoms with Crippen molar-refractivity contribution in [1.29, 1.82) is 5.26 Å². The highest BCUT2D eigenvalue weighted by Gasteiger charge is 2.31. The van der Waals surface area contributed by atoms with Crippen LogP contribution >= 0.6 is 0 Å². The molecule has 0 amide bonds. The smallest absolute Gasteiger partial charge is 0.405 e. The Morgan fingerprint density at radius 2 is 2.00 bits per heavy atom. The Morgan fingerprint density at radius 3 is 2.47 bits per heavy atom. The predicted octanol–water partition coefficient (Wildman–Crippen LogP) is 2.79. The maximum Gasteiger partial charge on any atom is 0.573 e. The molecule has 0 saturated heterocycles. The van der Waals surface area contributed by atoms with Crippen molar-refractivity contribution < 1.29 is 17.9 Å². The Balaban J connectivity index is 3.10. The van der Waals surface area contributed by atoms with Crippen LogP contribution in [0.3, 0.4) is 0 Å². The summed E-state index contributed by atoms with van der Waals surface area (Å²) in [6.45, 7) is 3.22. The second-order valence-corrected chi connectivity index (χ2v) is 2.55. The molecule has 0 aliphatic rings. The highest BCUT2D eigenvalue weighted by molar-refractivity contribution is 5.44. The Labute approximate surface area is 84.2 Å². The van der Waals surface area contributed by atoms with Crippen molar-refractivity contribution in [2.24, 2.45) is 0 Å². The second-order valence-electron chi connectivity index (χ2n) is 2.55. The van der Waals surface area contributed by atoms with Gasteiger partial charge in [0.1, 0.15) is 5.75 Å². The van der Waals surface area contributed by atoms with Crippen LogP contribution < -0.4 is 4.74 Å². The molecule has 1 aromatic rings. The van der Waals surface area contributed by atoms with E-state index in [9.17, 15) is 13.2 Å². The molecule has 77 valence electrons. The summed E-state index contributed by atoms with van der Waals surface area (Å²) in [5.74, 6) is -0.420. The Kier molecular flexibility index (Phi) is 3.00. The van der Waals surface area contributed by atoms with Crippen LogP contribution in [0.5, 0.6) is 5.75 Å². The summed E-state index contributed by atoms with van der Waals surface area (Å²) in [6, 6.07) is 5.28. The van der Waals surface area contributed by atoms with Crippen LogP contribution in [-0.2, 0) is 0 Å². The van der Waals surface area contributed by atoms with Crippen LogP contribution in [0.1, 0.15) is 11.1 Å². The van der Waals surface area contributed by atoms with E-state index in [1.165, 1.54) is 12.1 Å². The van der Waals surface area contributed by atoms with Gasteiger partial charge in [0.2, 0.25) is 0 Å². The molecule has 1 radical (unpaired) electrons. The van der Waals surface area contributed by atoms with E-state index in [1.54, 1.807) is 6.07 Å². The highest BCUT2D eigenvalue weighted by atomic mass is 19.4. The SMILES string of the molecule is C=[C]c1cc(C#N)ccc1OC(F)(F)F. The molecule has 2 nitrogen and oxygen atoms in total. The van der Waals surface area contributed by atoms with E-state index in [0.717, 1.165) is 6.07 Å². The van der Waals surface area contributed by atoms with Gasteiger partial charge in [-0.25, -0.2) is 0 Å². The number of nitriles is 1. The van der Waals surface area contributed by atoms with Gasteiger partial charge in [0, 0.05) is 5.56 Å². The van der Waals surface area contributed by atoms with Gasteiger partial charge in [-0.15, -0.1) is 13.2 Å². The Hall–Kier alpha value is -1.96. The van der Waals surface area contributed by atoms with Gasteiger partial charge in [0.15, 0.2) is 0 Å². The average molecular weight is 212 g/mol. The van der Waals surface area contributed by atoms with E-state index in [2.05, 4.69) is 17.4 Å². The normalized spacial score (nSPS) is 10.5. The van der Waals surface area contributed by atoms with Crippen LogP contribution in [0.4, 0.5) is 13.2 Å². The molecule has 0 bridgehead atoms. The molecule has 0 saturated carbocycles. The first kappa shape index (κ1) is 11.1. The third-order valence-corrected chi connectivity index (χ3v) is 1.52. The zero-order valence-corrected chi connectivity index (χ0v) is 7.43. The minimum absolute atomic E-state index is 0.00590. The Bertz CT molecular complexity index is 418. The fraction of sp³-hybridized carbons (Fsp3) is 0.100. The van der Waals surface area contributed by atoms with E-state index in [1.807, 2.05) is 0 Å². The quantitative estimate of drug-likeness (QED) is 0.755. The topological polar surface area (TPSA) is 33.0 Å². The number of benzene rings is 1. The highest BCUT2D eigenvalue weighted by Crippen LogP contribution is 2.26. The minimum Gasteiger partial charge on any atom is -0.405 e. The van der Waals surface area contributed by atoms with Crippen LogP contribution in [0.15, 0.2) is 24.8 Å². The van der Waals surface area contributed by atoms with Crippen molar-refractivity contribution in [3.63, 3.8) is 0 Å². The lowest BCUT2D eigenvalue weighted by Gasteiger charge is -2.10. The number of hydrogen-bond acceptors (Lipinski definition) is 2. The summed E-state index contributed by atoms with van der Waals surface area (Å²) in [7, 11) is 0. The molecule has 0 aliphatic carbocycles. The van der Waals surface area contributed by atoms with Crippen molar-refractivity contribution in [2.75, 3.05) is 0 Å². The summed E-state index contributed by atoms with van der Waals surface area (Å²) < 4.78 is 39.4. The molecule has 0 unspecified atom stereocenters. The number of halogens is 3. The summed E-state index contributed by atoms with van der Waals surface area (Å²) >= 11 is 0. The fourth-order valence-electron chi connectivity index (χ4n) is 0.951. The van der Waals surface area contributed by atoms with E-state index < -0.39 is 12.1 Å². The largest absolute Gasteiger partial charge is 0.573 e. The summed E-state index contributed by atoms with van der Waals surface area (Å²) in [5, 5.41) is 8.52. The second kappa shape index (κ2) is 4.05. The maximum atomic E-state index is 11.9. The Morgan fingerprint density at radius 1 is 1.33 bits per heavy atom. The van der Waals surface area contributed by atoms with Gasteiger partial charge in [-0.2, -0.15) is 5.26 Å². The number of alkyl halides is 3. The number of ether oxygens (including phenoxy) is 1. The van der Waals surface area contributed by atoms with Crippen molar-refractivity contribution in [3.8, 4) is 11.8 Å². The number of rotatable bonds is 2. The third kappa shape index (κ3) is 3.02. The first-order valence-electron chi connectivity index (χ1n) is 3.79. The van der Waals surface area contributed by atoms with Crippen LogP contribution in [-0.4, -0.2) is 6.36 Å². The lowest BCUT2D eigenvalue weighted by atomic mass is 10.1. The van der Waals surface area contributed by atoms with E-state index >= 15 is 0 Å². The van der Waals surface area contributed by atoms with Gasteiger partial charge in [-0.1, -0.05) is 6.58 Å². The fourth-order valence-corrected chi connectivity index (χ4v) is 0.951. The zero-order valence-electron chi connectivity index (χ0n) is 7.43. The first-order valence-corrected chi connectivity index (χ1v) is 3.79. The molecule has 0 spiro atoms. The molecule has 15 heavy (non-hydrogen) atoms. The molecular formula is C10H5F3NO. The summed E-state index contributed by atoms with van der Waals surface area (Å²) in [6.07, 6.45) is -2.50. The van der Waals surface area contributed by atoms with Gasteiger partial charge in [-0.05, 0) is 24.3 Å². The van der Waals surface area contributed by atoms with Gasteiger partial charge < -0.3 is 4.74 Å². The molecule has 1 aromatic carbocycles. The van der Waals surface area contributed by atoms with Crippen LogP contribution in [0, 0.1) is 17.4 Å². The monoisotopic (exact) mass is 212 g/mol. The number of nitrogens with zero attached hydrogens (tertiary/aromatic N) is 1. The van der Waals surface area contributed by atoms with Crippen molar-refractivity contribution in [3.05, 3.63) is 42.0 Å². The lowest BCUT2D eigenvalue weighted by Crippen LogP contribution is -2.17. The van der Waals surface area contributed by atoms with Crippen molar-refractivity contribution in [1.82, 2.24) is 0 Å². The molecule has 0 aliphatic heterocycles. The molecule has 0 aromatic heterocycles. The molecule has 0 atom stereocenters. The average Bonchev–Trinajstić information content (AvgIpc) is 2.16. The standard InChI is InChI=1S/C10H5F3NO/c1-2-8-5-7(6-14)3-4-9(8)15-10(11,12)13/h3-5H,1H2. The molecule has 1 rings (SSSR count). The van der Waals surface area contributed by atoms with E-state index in [-0.39, 0.29) is 11.1 Å². The summed E-state index contributed by atoms with van der Waals surface area (Å²) in [5.41, 5.74) is 0.224. The predicted molar refractivity (Wildman–Crippen MR) is 45.8 cm³/mol. The maximum absolute atomic E-state index is 11.9. The van der Waals surface area contributed by atoms with Gasteiger partial charge in [-0.3, -0.25) is 0 Å². The third-order valence-electron chi connectivity index (χ3n) is 1.52. The van der Waals surface area contributed by atoms with E-state index in [4.69, 9.17) is 5.26 Å². The molecule has 0 N–H and O–H groups in total. The zero-order chi connectivity index (χ0) is 11.5. The van der Waals surface area contributed by atoms with E-state index in [0.29, 0.717) is 0 Å².